The van der Waals surface area contributed by atoms with Gasteiger partial charge in [0.1, 0.15) is 5.75 Å². The number of methoxy groups -OCH3 is 1. The highest BCUT2D eigenvalue weighted by Crippen LogP contribution is 2.26. The van der Waals surface area contributed by atoms with Crippen LogP contribution in [0.4, 0.5) is 0 Å². The largest absolute Gasteiger partial charge is 0.496 e. The molecule has 0 fully saturated rings. The van der Waals surface area contributed by atoms with Crippen molar-refractivity contribution in [1.82, 2.24) is 9.80 Å². The number of halogens is 1. The predicted octanol–water partition coefficient (Wildman–Crippen LogP) is 2.87. The fourth-order valence-corrected chi connectivity index (χ4v) is 2.79. The minimum Gasteiger partial charge on any atom is -0.496 e. The highest BCUT2D eigenvalue weighted by molar-refractivity contribution is 9.10. The predicted molar refractivity (Wildman–Crippen MR) is 85.4 cm³/mol. The van der Waals surface area contributed by atoms with Crippen molar-refractivity contribution in [3.63, 3.8) is 0 Å². The number of likely N-dealkylation sites (N-methyl/N-ethyl adjacent to an activating group) is 2. The second-order valence-corrected chi connectivity index (χ2v) is 5.91. The van der Waals surface area contributed by atoms with Crippen molar-refractivity contribution in [3.05, 3.63) is 28.2 Å². The van der Waals surface area contributed by atoms with Crippen molar-refractivity contribution in [2.45, 2.75) is 19.9 Å². The Morgan fingerprint density at radius 3 is 2.50 bits per heavy atom. The van der Waals surface area contributed by atoms with Crippen LogP contribution in [0.25, 0.3) is 0 Å². The maximum Gasteiger partial charge on any atom is 0.254 e. The van der Waals surface area contributed by atoms with E-state index in [4.69, 9.17) is 4.74 Å². The third-order valence-corrected chi connectivity index (χ3v) is 3.78. The Balaban J connectivity index is 2.93. The van der Waals surface area contributed by atoms with Crippen molar-refractivity contribution in [2.75, 3.05) is 34.3 Å². The fraction of sp³-hybridized carbons (Fsp3) is 0.533. The van der Waals surface area contributed by atoms with Crippen LogP contribution in [0, 0.1) is 0 Å². The molecule has 0 spiro atoms. The molecule has 0 aliphatic carbocycles. The van der Waals surface area contributed by atoms with E-state index >= 15 is 0 Å². The second-order valence-electron chi connectivity index (χ2n) is 5.05. The number of benzene rings is 1. The average molecular weight is 343 g/mol. The van der Waals surface area contributed by atoms with E-state index in [1.165, 1.54) is 0 Å². The lowest BCUT2D eigenvalue weighted by Crippen LogP contribution is -2.43. The lowest BCUT2D eigenvalue weighted by Gasteiger charge is -2.30. The molecule has 112 valence electrons. The molecule has 5 heteroatoms. The molecule has 4 nitrogen and oxygen atoms in total. The van der Waals surface area contributed by atoms with Gasteiger partial charge in [-0.2, -0.15) is 0 Å². The first-order valence-electron chi connectivity index (χ1n) is 6.69. The first-order valence-corrected chi connectivity index (χ1v) is 7.49. The molecule has 1 rings (SSSR count). The van der Waals surface area contributed by atoms with E-state index in [0.717, 1.165) is 16.8 Å². The van der Waals surface area contributed by atoms with Crippen LogP contribution in [-0.2, 0) is 0 Å². The molecule has 0 saturated carbocycles. The van der Waals surface area contributed by atoms with Crippen molar-refractivity contribution >= 4 is 21.8 Å². The highest BCUT2D eigenvalue weighted by atomic mass is 79.9. The van der Waals surface area contributed by atoms with Crippen LogP contribution in [0.1, 0.15) is 24.2 Å². The highest BCUT2D eigenvalue weighted by Gasteiger charge is 2.21. The Hall–Kier alpha value is -1.07. The Kier molecular flexibility index (Phi) is 6.49. The number of ether oxygens (including phenoxy) is 1. The summed E-state index contributed by atoms with van der Waals surface area (Å²) in [5, 5.41) is 0. The zero-order chi connectivity index (χ0) is 15.3. The molecule has 0 radical (unpaired) electrons. The molecular weight excluding hydrogens is 320 g/mol. The number of hydrogen-bond donors (Lipinski definition) is 0. The number of carbonyl (C=O) groups is 1. The minimum absolute atomic E-state index is 0.0465. The Labute approximate surface area is 129 Å². The molecule has 1 aromatic rings. The smallest absolute Gasteiger partial charge is 0.254 e. The normalized spacial score (nSPS) is 12.3. The van der Waals surface area contributed by atoms with Crippen LogP contribution < -0.4 is 4.74 Å². The second kappa shape index (κ2) is 7.64. The van der Waals surface area contributed by atoms with E-state index in [2.05, 4.69) is 27.8 Å². The summed E-state index contributed by atoms with van der Waals surface area (Å²) in [6.45, 7) is 5.61. The molecule has 0 aliphatic heterocycles. The van der Waals surface area contributed by atoms with Crippen LogP contribution in [-0.4, -0.2) is 56.0 Å². The molecule has 1 atom stereocenters. The lowest BCUT2D eigenvalue weighted by atomic mass is 10.1. The quantitative estimate of drug-likeness (QED) is 0.796. The summed E-state index contributed by atoms with van der Waals surface area (Å²) in [7, 11) is 5.64. The van der Waals surface area contributed by atoms with Gasteiger partial charge in [-0.1, -0.05) is 0 Å². The number of amides is 1. The van der Waals surface area contributed by atoms with E-state index in [-0.39, 0.29) is 11.9 Å². The van der Waals surface area contributed by atoms with Gasteiger partial charge in [0.15, 0.2) is 0 Å². The monoisotopic (exact) mass is 342 g/mol. The lowest BCUT2D eigenvalue weighted by molar-refractivity contribution is 0.0679. The molecule has 0 bridgehead atoms. The van der Waals surface area contributed by atoms with Crippen LogP contribution in [0.5, 0.6) is 5.75 Å². The van der Waals surface area contributed by atoms with Gasteiger partial charge in [0.25, 0.3) is 5.91 Å². The van der Waals surface area contributed by atoms with Crippen LogP contribution >= 0.6 is 15.9 Å². The molecule has 0 aromatic heterocycles. The molecule has 20 heavy (non-hydrogen) atoms. The molecule has 0 N–H and O–H groups in total. The average Bonchev–Trinajstić information content (AvgIpc) is 2.38. The summed E-state index contributed by atoms with van der Waals surface area (Å²) >= 11 is 3.42. The molecule has 0 saturated heterocycles. The van der Waals surface area contributed by atoms with Gasteiger partial charge in [0, 0.05) is 24.7 Å². The first kappa shape index (κ1) is 17.0. The van der Waals surface area contributed by atoms with Gasteiger partial charge < -0.3 is 14.5 Å². The summed E-state index contributed by atoms with van der Waals surface area (Å²) in [5.74, 6) is 0.774. The van der Waals surface area contributed by atoms with E-state index in [1.807, 2.05) is 38.1 Å². The Morgan fingerprint density at radius 2 is 2.05 bits per heavy atom. The number of carbonyl (C=O) groups excluding carboxylic acids is 1. The Bertz CT molecular complexity index is 463. The zero-order valence-corrected chi connectivity index (χ0v) is 14.4. The summed E-state index contributed by atoms with van der Waals surface area (Å²) in [4.78, 5) is 16.6. The molecule has 0 heterocycles. The summed E-state index contributed by atoms with van der Waals surface area (Å²) in [6, 6.07) is 5.59. The summed E-state index contributed by atoms with van der Waals surface area (Å²) in [6.07, 6.45) is 0. The van der Waals surface area contributed by atoms with Gasteiger partial charge in [-0.05, 0) is 62.1 Å². The van der Waals surface area contributed by atoms with Crippen molar-refractivity contribution in [1.29, 1.82) is 0 Å². The maximum atomic E-state index is 12.6. The van der Waals surface area contributed by atoms with Crippen LogP contribution in [0.2, 0.25) is 0 Å². The minimum atomic E-state index is 0.0465. The van der Waals surface area contributed by atoms with E-state index in [1.54, 1.807) is 13.2 Å². The maximum absolute atomic E-state index is 12.6. The van der Waals surface area contributed by atoms with Crippen molar-refractivity contribution < 1.29 is 9.53 Å². The zero-order valence-electron chi connectivity index (χ0n) is 12.8. The molecule has 1 aromatic carbocycles. The fourth-order valence-electron chi connectivity index (χ4n) is 2.25. The van der Waals surface area contributed by atoms with Crippen LogP contribution in [0.15, 0.2) is 22.7 Å². The van der Waals surface area contributed by atoms with Crippen molar-refractivity contribution in [2.24, 2.45) is 0 Å². The molecule has 1 amide bonds. The van der Waals surface area contributed by atoms with E-state index in [9.17, 15) is 4.79 Å². The molecule has 0 aliphatic rings. The van der Waals surface area contributed by atoms with Gasteiger partial charge in [-0.15, -0.1) is 0 Å². The van der Waals surface area contributed by atoms with Gasteiger partial charge in [-0.3, -0.25) is 4.79 Å². The van der Waals surface area contributed by atoms with E-state index in [0.29, 0.717) is 12.1 Å². The molecular formula is C15H23BrN2O2. The number of nitrogens with zero attached hydrogens (tertiary/aromatic N) is 2. The Morgan fingerprint density at radius 1 is 1.40 bits per heavy atom. The van der Waals surface area contributed by atoms with Gasteiger partial charge in [0.2, 0.25) is 0 Å². The van der Waals surface area contributed by atoms with Gasteiger partial charge in [-0.25, -0.2) is 0 Å². The third-order valence-electron chi connectivity index (χ3n) is 3.16. The summed E-state index contributed by atoms with van der Waals surface area (Å²) < 4.78 is 5.98. The number of hydrogen-bond acceptors (Lipinski definition) is 3. The number of rotatable bonds is 6. The van der Waals surface area contributed by atoms with Crippen molar-refractivity contribution in [3.8, 4) is 5.75 Å². The summed E-state index contributed by atoms with van der Waals surface area (Å²) in [5.41, 5.74) is 0.671. The van der Waals surface area contributed by atoms with E-state index < -0.39 is 0 Å². The molecule has 1 unspecified atom stereocenters. The van der Waals surface area contributed by atoms with Gasteiger partial charge >= 0.3 is 0 Å². The third kappa shape index (κ3) is 4.21. The standard InChI is InChI=1S/C15H23BrN2O2/c1-6-18(11(2)10-17(3)4)15(19)12-7-8-14(20-5)13(16)9-12/h7-9,11H,6,10H2,1-5H3. The van der Waals surface area contributed by atoms with Crippen LogP contribution in [0.3, 0.4) is 0 Å². The van der Waals surface area contributed by atoms with Gasteiger partial charge in [0.05, 0.1) is 11.6 Å². The topological polar surface area (TPSA) is 32.8 Å². The first-order chi connectivity index (χ1) is 9.40. The SMILES string of the molecule is CCN(C(=O)c1ccc(OC)c(Br)c1)C(C)CN(C)C.